The first kappa shape index (κ1) is 16.3. The molecule has 0 fully saturated rings. The van der Waals surface area contributed by atoms with Gasteiger partial charge >= 0.3 is 6.03 Å². The molecule has 0 aliphatic rings. The monoisotopic (exact) mass is 339 g/mol. The zero-order chi connectivity index (χ0) is 16.1. The van der Waals surface area contributed by atoms with E-state index in [0.29, 0.717) is 16.0 Å². The summed E-state index contributed by atoms with van der Waals surface area (Å²) in [6.07, 6.45) is 0. The van der Waals surface area contributed by atoms with Gasteiger partial charge in [-0.1, -0.05) is 23.4 Å². The third-order valence-corrected chi connectivity index (χ3v) is 3.91. The van der Waals surface area contributed by atoms with E-state index >= 15 is 0 Å². The third kappa shape index (κ3) is 4.22. The quantitative estimate of drug-likeness (QED) is 0.740. The lowest BCUT2D eigenvalue weighted by molar-refractivity contribution is -0.119. The molecule has 0 bridgehead atoms. The van der Waals surface area contributed by atoms with Gasteiger partial charge in [-0.25, -0.2) is 9.78 Å². The molecule has 3 N–H and O–H groups in total. The molecule has 1 aromatic heterocycles. The highest BCUT2D eigenvalue weighted by molar-refractivity contribution is 8.00. The molecule has 0 spiro atoms. The first-order valence-corrected chi connectivity index (χ1v) is 7.63. The van der Waals surface area contributed by atoms with Gasteiger partial charge in [0.25, 0.3) is 0 Å². The van der Waals surface area contributed by atoms with Crippen molar-refractivity contribution >= 4 is 35.3 Å². The molecule has 0 aliphatic heterocycles. The van der Waals surface area contributed by atoms with Crippen LogP contribution < -0.4 is 10.6 Å². The molecule has 116 valence electrons. The van der Waals surface area contributed by atoms with Crippen molar-refractivity contribution in [2.24, 2.45) is 0 Å². The first-order chi connectivity index (χ1) is 10.5. The van der Waals surface area contributed by atoms with Gasteiger partial charge in [0, 0.05) is 17.6 Å². The van der Waals surface area contributed by atoms with E-state index in [0.717, 1.165) is 17.3 Å². The summed E-state index contributed by atoms with van der Waals surface area (Å²) in [5.74, 6) is 0.167. The van der Waals surface area contributed by atoms with Crippen molar-refractivity contribution in [2.45, 2.75) is 17.3 Å². The number of benzene rings is 1. The number of carbonyl (C=O) groups excluding carboxylic acids is 2. The van der Waals surface area contributed by atoms with Crippen molar-refractivity contribution in [3.05, 3.63) is 29.3 Å². The second-order valence-corrected chi connectivity index (χ2v) is 6.05. The Hall–Kier alpha value is -2.06. The Labute approximate surface area is 136 Å². The number of rotatable bonds is 4. The van der Waals surface area contributed by atoms with E-state index in [1.165, 1.54) is 7.05 Å². The molecule has 1 heterocycles. The number of H-pyrrole nitrogens is 1. The van der Waals surface area contributed by atoms with E-state index in [2.05, 4.69) is 25.8 Å². The Morgan fingerprint density at radius 2 is 2.00 bits per heavy atom. The highest BCUT2D eigenvalue weighted by Gasteiger charge is 2.19. The second-order valence-electron chi connectivity index (χ2n) is 4.30. The summed E-state index contributed by atoms with van der Waals surface area (Å²) < 4.78 is 0. The molecule has 0 radical (unpaired) electrons. The predicted octanol–water partition coefficient (Wildman–Crippen LogP) is 2.06. The number of thioether (sulfide) groups is 1. The Balaban J connectivity index is 2.01. The highest BCUT2D eigenvalue weighted by atomic mass is 35.5. The molecule has 1 aromatic carbocycles. The van der Waals surface area contributed by atoms with Gasteiger partial charge in [0.15, 0.2) is 5.82 Å². The molecule has 7 nitrogen and oxygen atoms in total. The lowest BCUT2D eigenvalue weighted by atomic mass is 10.2. The Kier molecular flexibility index (Phi) is 5.40. The van der Waals surface area contributed by atoms with E-state index in [1.807, 2.05) is 12.1 Å². The van der Waals surface area contributed by atoms with Crippen molar-refractivity contribution in [3.63, 3.8) is 0 Å². The van der Waals surface area contributed by atoms with Gasteiger partial charge in [-0.2, -0.15) is 0 Å². The third-order valence-electron chi connectivity index (χ3n) is 2.70. The van der Waals surface area contributed by atoms with E-state index in [1.54, 1.807) is 19.1 Å². The van der Waals surface area contributed by atoms with Crippen LogP contribution in [0, 0.1) is 0 Å². The summed E-state index contributed by atoms with van der Waals surface area (Å²) in [6.45, 7) is 1.67. The van der Waals surface area contributed by atoms with Crippen LogP contribution in [0.2, 0.25) is 5.02 Å². The first-order valence-electron chi connectivity index (χ1n) is 6.37. The standard InChI is InChI=1S/C13H14ClN5O2S/c1-7(11(20)17-12(21)15-2)22-13-16-10(18-19-13)8-3-5-9(14)6-4-8/h3-7H,1-2H3,(H,16,18,19)(H2,15,17,20,21)/t7-/m0/s1. The number of hydrogen-bond donors (Lipinski definition) is 3. The van der Waals surface area contributed by atoms with Crippen LogP contribution in [0.3, 0.4) is 0 Å². The van der Waals surface area contributed by atoms with E-state index < -0.39 is 17.2 Å². The molecule has 3 amide bonds. The fourth-order valence-electron chi connectivity index (χ4n) is 1.52. The minimum Gasteiger partial charge on any atom is -0.341 e. The van der Waals surface area contributed by atoms with E-state index in [9.17, 15) is 9.59 Å². The van der Waals surface area contributed by atoms with Crippen LogP contribution in [0.15, 0.2) is 29.4 Å². The topological polar surface area (TPSA) is 99.8 Å². The molecule has 0 saturated carbocycles. The molecule has 2 rings (SSSR count). The minimum absolute atomic E-state index is 0.415. The smallest absolute Gasteiger partial charge is 0.321 e. The number of nitrogens with zero attached hydrogens (tertiary/aromatic N) is 2. The summed E-state index contributed by atoms with van der Waals surface area (Å²) in [4.78, 5) is 27.2. The number of imide groups is 1. The number of carbonyl (C=O) groups is 2. The molecular formula is C13H14ClN5O2S. The van der Waals surface area contributed by atoms with Gasteiger partial charge in [-0.15, -0.1) is 5.10 Å². The van der Waals surface area contributed by atoms with Crippen LogP contribution in [0.4, 0.5) is 4.79 Å². The number of aromatic amines is 1. The Morgan fingerprint density at radius 1 is 1.32 bits per heavy atom. The maximum absolute atomic E-state index is 11.8. The molecule has 0 aliphatic carbocycles. The summed E-state index contributed by atoms with van der Waals surface area (Å²) >= 11 is 6.99. The molecule has 0 unspecified atom stereocenters. The number of aromatic nitrogens is 3. The fraction of sp³-hybridized carbons (Fsp3) is 0.231. The van der Waals surface area contributed by atoms with Crippen molar-refractivity contribution in [3.8, 4) is 11.4 Å². The largest absolute Gasteiger partial charge is 0.341 e. The number of nitrogens with one attached hydrogen (secondary N) is 3. The highest BCUT2D eigenvalue weighted by Crippen LogP contribution is 2.23. The summed E-state index contributed by atoms with van der Waals surface area (Å²) in [5, 5.41) is 11.9. The van der Waals surface area contributed by atoms with Crippen molar-refractivity contribution in [2.75, 3.05) is 7.05 Å². The molecule has 1 atom stereocenters. The Bertz CT molecular complexity index is 673. The van der Waals surface area contributed by atoms with Crippen LogP contribution in [-0.4, -0.2) is 39.4 Å². The molecular weight excluding hydrogens is 326 g/mol. The second kappa shape index (κ2) is 7.28. The summed E-state index contributed by atoms with van der Waals surface area (Å²) in [7, 11) is 1.44. The van der Waals surface area contributed by atoms with Crippen LogP contribution in [0.5, 0.6) is 0 Å². The lowest BCUT2D eigenvalue weighted by Gasteiger charge is -2.08. The van der Waals surface area contributed by atoms with Crippen LogP contribution in [0.25, 0.3) is 11.4 Å². The minimum atomic E-state index is -0.547. The lowest BCUT2D eigenvalue weighted by Crippen LogP contribution is -2.41. The summed E-state index contributed by atoms with van der Waals surface area (Å²) in [6, 6.07) is 6.60. The fourth-order valence-corrected chi connectivity index (χ4v) is 2.37. The average molecular weight is 340 g/mol. The van der Waals surface area contributed by atoms with Crippen LogP contribution >= 0.6 is 23.4 Å². The van der Waals surface area contributed by atoms with Gasteiger partial charge in [0.2, 0.25) is 11.1 Å². The zero-order valence-corrected chi connectivity index (χ0v) is 13.5. The molecule has 9 heteroatoms. The van der Waals surface area contributed by atoms with Gasteiger partial charge < -0.3 is 5.32 Å². The van der Waals surface area contributed by atoms with Gasteiger partial charge in [-0.05, 0) is 31.2 Å². The molecule has 22 heavy (non-hydrogen) atoms. The SMILES string of the molecule is CNC(=O)NC(=O)[C@H](C)Sc1n[nH]c(-c2ccc(Cl)cc2)n1. The van der Waals surface area contributed by atoms with Gasteiger partial charge in [-0.3, -0.25) is 15.2 Å². The maximum atomic E-state index is 11.8. The predicted molar refractivity (Wildman–Crippen MR) is 84.7 cm³/mol. The maximum Gasteiger partial charge on any atom is 0.321 e. The number of hydrogen-bond acceptors (Lipinski definition) is 5. The number of amides is 3. The van der Waals surface area contributed by atoms with Gasteiger partial charge in [0.05, 0.1) is 5.25 Å². The molecule has 2 aromatic rings. The van der Waals surface area contributed by atoms with E-state index in [4.69, 9.17) is 11.6 Å². The van der Waals surface area contributed by atoms with Crippen LogP contribution in [-0.2, 0) is 4.79 Å². The van der Waals surface area contributed by atoms with Crippen LogP contribution in [0.1, 0.15) is 6.92 Å². The summed E-state index contributed by atoms with van der Waals surface area (Å²) in [5.41, 5.74) is 0.839. The average Bonchev–Trinajstić information content (AvgIpc) is 2.96. The molecule has 0 saturated heterocycles. The Morgan fingerprint density at radius 3 is 2.64 bits per heavy atom. The van der Waals surface area contributed by atoms with Crippen molar-refractivity contribution < 1.29 is 9.59 Å². The van der Waals surface area contributed by atoms with E-state index in [-0.39, 0.29) is 0 Å². The zero-order valence-electron chi connectivity index (χ0n) is 11.9. The van der Waals surface area contributed by atoms with Gasteiger partial charge in [0.1, 0.15) is 0 Å². The normalized spacial score (nSPS) is 11.8. The van der Waals surface area contributed by atoms with Crippen molar-refractivity contribution in [1.29, 1.82) is 0 Å². The number of halogens is 1. The van der Waals surface area contributed by atoms with Crippen molar-refractivity contribution in [1.82, 2.24) is 25.8 Å². The number of urea groups is 1.